The Morgan fingerprint density at radius 1 is 1.35 bits per heavy atom. The van der Waals surface area contributed by atoms with E-state index in [0.717, 1.165) is 12.2 Å². The van der Waals surface area contributed by atoms with Crippen LogP contribution in [0, 0.1) is 5.82 Å². The van der Waals surface area contributed by atoms with Crippen LogP contribution in [-0.2, 0) is 6.42 Å². The van der Waals surface area contributed by atoms with Gasteiger partial charge in [-0.05, 0) is 45.8 Å². The lowest BCUT2D eigenvalue weighted by atomic mass is 10.1. The lowest BCUT2D eigenvalue weighted by molar-refractivity contribution is 0.453. The van der Waals surface area contributed by atoms with Crippen LogP contribution in [-0.4, -0.2) is 0 Å². The second-order valence-corrected chi connectivity index (χ2v) is 4.66. The van der Waals surface area contributed by atoms with Gasteiger partial charge in [0.05, 0.1) is 10.5 Å². The molecule has 0 spiro atoms. The Balaban J connectivity index is 2.29. The Morgan fingerprint density at radius 2 is 2.12 bits per heavy atom. The molecule has 2 rings (SSSR count). The number of furan rings is 1. The molecule has 0 fully saturated rings. The van der Waals surface area contributed by atoms with E-state index in [0.29, 0.717) is 15.8 Å². The van der Waals surface area contributed by atoms with E-state index in [2.05, 4.69) is 15.9 Å². The van der Waals surface area contributed by atoms with Crippen molar-refractivity contribution in [1.82, 2.24) is 0 Å². The highest BCUT2D eigenvalue weighted by atomic mass is 79.9. The van der Waals surface area contributed by atoms with E-state index >= 15 is 0 Å². The summed E-state index contributed by atoms with van der Waals surface area (Å²) >= 11 is 3.11. The van der Waals surface area contributed by atoms with Crippen LogP contribution in [0.5, 0.6) is 0 Å². The molecule has 2 N–H and O–H groups in total. The summed E-state index contributed by atoms with van der Waals surface area (Å²) in [6, 6.07) is 8.15. The SMILES string of the molecule is CCc1ccc(C(N)c2ccc(Br)c(F)c2)o1. The standard InChI is InChI=1S/C13H13BrFNO/c1-2-9-4-6-12(17-9)13(16)8-3-5-10(14)11(15)7-8/h3-7,13H,2,16H2,1H3. The van der Waals surface area contributed by atoms with Gasteiger partial charge in [-0.15, -0.1) is 0 Å². The summed E-state index contributed by atoms with van der Waals surface area (Å²) in [5.74, 6) is 1.22. The number of rotatable bonds is 3. The van der Waals surface area contributed by atoms with E-state index in [9.17, 15) is 4.39 Å². The smallest absolute Gasteiger partial charge is 0.137 e. The van der Waals surface area contributed by atoms with Gasteiger partial charge in [0.1, 0.15) is 17.3 Å². The molecule has 0 saturated carbocycles. The molecule has 17 heavy (non-hydrogen) atoms. The van der Waals surface area contributed by atoms with Crippen molar-refractivity contribution in [2.24, 2.45) is 5.73 Å². The number of halogens is 2. The zero-order valence-corrected chi connectivity index (χ0v) is 11.0. The predicted octanol–water partition coefficient (Wildman–Crippen LogP) is 3.79. The predicted molar refractivity (Wildman–Crippen MR) is 68.2 cm³/mol. The zero-order valence-electron chi connectivity index (χ0n) is 9.41. The molecule has 0 aliphatic rings. The molecule has 2 nitrogen and oxygen atoms in total. The third-order valence-corrected chi connectivity index (χ3v) is 3.28. The topological polar surface area (TPSA) is 39.2 Å². The van der Waals surface area contributed by atoms with Crippen molar-refractivity contribution >= 4 is 15.9 Å². The molecule has 0 amide bonds. The van der Waals surface area contributed by atoms with Crippen LogP contribution in [0.15, 0.2) is 39.2 Å². The maximum Gasteiger partial charge on any atom is 0.137 e. The quantitative estimate of drug-likeness (QED) is 0.936. The van der Waals surface area contributed by atoms with Crippen molar-refractivity contribution in [1.29, 1.82) is 0 Å². The molecule has 2 aromatic rings. The van der Waals surface area contributed by atoms with Gasteiger partial charge in [-0.3, -0.25) is 0 Å². The molecule has 0 saturated heterocycles. The van der Waals surface area contributed by atoms with Crippen LogP contribution < -0.4 is 5.73 Å². The summed E-state index contributed by atoms with van der Waals surface area (Å²) in [6.07, 6.45) is 0.821. The van der Waals surface area contributed by atoms with Gasteiger partial charge in [-0.1, -0.05) is 13.0 Å². The molecule has 4 heteroatoms. The normalized spacial score (nSPS) is 12.7. The highest BCUT2D eigenvalue weighted by molar-refractivity contribution is 9.10. The van der Waals surface area contributed by atoms with Crippen molar-refractivity contribution in [3.63, 3.8) is 0 Å². The maximum absolute atomic E-state index is 13.4. The molecule has 0 aliphatic heterocycles. The average Bonchev–Trinajstić information content (AvgIpc) is 2.80. The fourth-order valence-corrected chi connectivity index (χ4v) is 1.87. The first-order chi connectivity index (χ1) is 8.11. The van der Waals surface area contributed by atoms with Crippen molar-refractivity contribution in [3.8, 4) is 0 Å². The maximum atomic E-state index is 13.4. The molecule has 0 aliphatic carbocycles. The molecule has 90 valence electrons. The van der Waals surface area contributed by atoms with Gasteiger partial charge in [0.25, 0.3) is 0 Å². The molecule has 0 bridgehead atoms. The molecule has 1 heterocycles. The highest BCUT2D eigenvalue weighted by Crippen LogP contribution is 2.25. The zero-order chi connectivity index (χ0) is 12.4. The van der Waals surface area contributed by atoms with E-state index in [1.54, 1.807) is 12.1 Å². The molecule has 1 atom stereocenters. The Bertz CT molecular complexity index is 524. The molecule has 1 unspecified atom stereocenters. The fourth-order valence-electron chi connectivity index (χ4n) is 1.62. The van der Waals surface area contributed by atoms with Gasteiger partial charge < -0.3 is 10.2 Å². The largest absolute Gasteiger partial charge is 0.464 e. The Labute approximate surface area is 108 Å². The second kappa shape index (κ2) is 5.02. The Morgan fingerprint density at radius 3 is 2.71 bits per heavy atom. The minimum Gasteiger partial charge on any atom is -0.464 e. The minimum atomic E-state index is -0.433. The van der Waals surface area contributed by atoms with E-state index in [-0.39, 0.29) is 5.82 Å². The third kappa shape index (κ3) is 2.58. The Kier molecular flexibility index (Phi) is 3.64. The molecule has 0 radical (unpaired) electrons. The first-order valence-corrected chi connectivity index (χ1v) is 6.20. The number of nitrogens with two attached hydrogens (primary N) is 1. The van der Waals surface area contributed by atoms with Crippen LogP contribution >= 0.6 is 15.9 Å². The summed E-state index contributed by atoms with van der Waals surface area (Å²) in [4.78, 5) is 0. The first-order valence-electron chi connectivity index (χ1n) is 5.41. The van der Waals surface area contributed by atoms with E-state index in [1.165, 1.54) is 6.07 Å². The van der Waals surface area contributed by atoms with Crippen LogP contribution in [0.3, 0.4) is 0 Å². The number of hydrogen-bond acceptors (Lipinski definition) is 2. The lowest BCUT2D eigenvalue weighted by Crippen LogP contribution is -2.11. The number of benzene rings is 1. The van der Waals surface area contributed by atoms with Gasteiger partial charge in [0.2, 0.25) is 0 Å². The fraction of sp³-hybridized carbons (Fsp3) is 0.231. The van der Waals surface area contributed by atoms with Crippen molar-refractivity contribution < 1.29 is 8.81 Å². The molecular weight excluding hydrogens is 285 g/mol. The molecule has 1 aromatic carbocycles. The highest BCUT2D eigenvalue weighted by Gasteiger charge is 2.14. The second-order valence-electron chi connectivity index (χ2n) is 3.81. The first kappa shape index (κ1) is 12.3. The van der Waals surface area contributed by atoms with Crippen LogP contribution in [0.25, 0.3) is 0 Å². The van der Waals surface area contributed by atoms with E-state index in [1.807, 2.05) is 19.1 Å². The van der Waals surface area contributed by atoms with Crippen molar-refractivity contribution in [2.45, 2.75) is 19.4 Å². The van der Waals surface area contributed by atoms with Gasteiger partial charge in [-0.2, -0.15) is 0 Å². The molecular formula is C13H13BrFNO. The average molecular weight is 298 g/mol. The summed E-state index contributed by atoms with van der Waals surface area (Å²) in [6.45, 7) is 2.01. The minimum absolute atomic E-state index is 0.319. The summed E-state index contributed by atoms with van der Waals surface area (Å²) in [5, 5.41) is 0. The van der Waals surface area contributed by atoms with Crippen LogP contribution in [0.1, 0.15) is 30.0 Å². The monoisotopic (exact) mass is 297 g/mol. The lowest BCUT2D eigenvalue weighted by Gasteiger charge is -2.09. The summed E-state index contributed by atoms with van der Waals surface area (Å²) in [7, 11) is 0. The van der Waals surface area contributed by atoms with Gasteiger partial charge >= 0.3 is 0 Å². The van der Waals surface area contributed by atoms with E-state index < -0.39 is 6.04 Å². The summed E-state index contributed by atoms with van der Waals surface area (Å²) < 4.78 is 19.4. The summed E-state index contributed by atoms with van der Waals surface area (Å²) in [5.41, 5.74) is 6.72. The van der Waals surface area contributed by atoms with Gasteiger partial charge in [0, 0.05) is 6.42 Å². The van der Waals surface area contributed by atoms with Gasteiger partial charge in [-0.25, -0.2) is 4.39 Å². The van der Waals surface area contributed by atoms with E-state index in [4.69, 9.17) is 10.2 Å². The van der Waals surface area contributed by atoms with Crippen LogP contribution in [0.4, 0.5) is 4.39 Å². The van der Waals surface area contributed by atoms with Crippen molar-refractivity contribution in [3.05, 3.63) is 57.7 Å². The van der Waals surface area contributed by atoms with Gasteiger partial charge in [0.15, 0.2) is 0 Å². The van der Waals surface area contributed by atoms with Crippen LogP contribution in [0.2, 0.25) is 0 Å². The molecule has 1 aromatic heterocycles. The Hall–Kier alpha value is -1.13. The number of aryl methyl sites for hydroxylation is 1. The van der Waals surface area contributed by atoms with Crippen molar-refractivity contribution in [2.75, 3.05) is 0 Å². The number of hydrogen-bond donors (Lipinski definition) is 1. The third-order valence-electron chi connectivity index (χ3n) is 2.64.